The van der Waals surface area contributed by atoms with Crippen molar-refractivity contribution in [3.8, 4) is 0 Å². The van der Waals surface area contributed by atoms with Crippen molar-refractivity contribution in [1.29, 1.82) is 0 Å². The largest absolute Gasteiger partial charge is 0.494 e. The van der Waals surface area contributed by atoms with Crippen LogP contribution < -0.4 is 10.9 Å². The summed E-state index contributed by atoms with van der Waals surface area (Å²) in [5.74, 6) is 0. The highest BCUT2D eigenvalue weighted by Crippen LogP contribution is 2.27. The monoisotopic (exact) mass is 310 g/mol. The van der Waals surface area contributed by atoms with Gasteiger partial charge in [-0.2, -0.15) is 0 Å². The summed E-state index contributed by atoms with van der Waals surface area (Å²) in [4.78, 5) is 0. The van der Waals surface area contributed by atoms with E-state index in [2.05, 4.69) is 0 Å². The Morgan fingerprint density at radius 3 is 2.26 bits per heavy atom. The number of rotatable bonds is 4. The van der Waals surface area contributed by atoms with E-state index >= 15 is 0 Å². The van der Waals surface area contributed by atoms with Crippen molar-refractivity contribution in [2.24, 2.45) is 0 Å². The van der Waals surface area contributed by atoms with Crippen LogP contribution in [0.3, 0.4) is 0 Å². The Hall–Kier alpha value is -1.79. The predicted octanol–water partition coefficient (Wildman–Crippen LogP) is 1.32. The first-order valence-corrected chi connectivity index (χ1v) is 7.55. The molecule has 2 aromatic carbocycles. The van der Waals surface area contributed by atoms with Crippen molar-refractivity contribution in [1.82, 2.24) is 0 Å². The minimum absolute atomic E-state index is 0.297. The van der Waals surface area contributed by atoms with Gasteiger partial charge in [-0.05, 0) is 23.1 Å². The molecule has 2 heterocycles. The van der Waals surface area contributed by atoms with Gasteiger partial charge in [0.15, 0.2) is 0 Å². The first kappa shape index (κ1) is 14.8. The Kier molecular flexibility index (Phi) is 3.87. The van der Waals surface area contributed by atoms with Crippen LogP contribution in [0, 0.1) is 0 Å². The van der Waals surface area contributed by atoms with Crippen LogP contribution in [0.4, 0.5) is 0 Å². The summed E-state index contributed by atoms with van der Waals surface area (Å²) in [6.07, 6.45) is 0. The fourth-order valence-corrected chi connectivity index (χ4v) is 3.02. The molecule has 0 unspecified atom stereocenters. The molecule has 1 aliphatic heterocycles. The molecular formula is C16H16B2O5. The fraction of sp³-hybridized carbons (Fsp3) is 0.250. The third-order valence-electron chi connectivity index (χ3n) is 4.12. The highest BCUT2D eigenvalue weighted by molar-refractivity contribution is 6.62. The van der Waals surface area contributed by atoms with Crippen LogP contribution in [-0.4, -0.2) is 41.7 Å². The van der Waals surface area contributed by atoms with Gasteiger partial charge in [0, 0.05) is 25.0 Å². The minimum Gasteiger partial charge on any atom is -0.456 e. The molecule has 3 aromatic rings. The molecule has 0 bridgehead atoms. The lowest BCUT2D eigenvalue weighted by atomic mass is 9.78. The maximum absolute atomic E-state index is 6.01. The molecule has 1 aliphatic rings. The maximum atomic E-state index is 6.01. The zero-order chi connectivity index (χ0) is 15.8. The van der Waals surface area contributed by atoms with Crippen molar-refractivity contribution in [3.05, 3.63) is 36.4 Å². The molecule has 0 saturated carbocycles. The van der Waals surface area contributed by atoms with Crippen LogP contribution >= 0.6 is 0 Å². The predicted molar refractivity (Wildman–Crippen MR) is 90.4 cm³/mol. The van der Waals surface area contributed by atoms with E-state index in [0.717, 1.165) is 32.9 Å². The van der Waals surface area contributed by atoms with Crippen LogP contribution in [0.2, 0.25) is 0 Å². The molecule has 7 heteroatoms. The van der Waals surface area contributed by atoms with E-state index in [1.165, 1.54) is 0 Å². The summed E-state index contributed by atoms with van der Waals surface area (Å²) in [5, 5.41) is 2.13. The molecular weight excluding hydrogens is 294 g/mol. The Balaban J connectivity index is 1.79. The Morgan fingerprint density at radius 1 is 0.913 bits per heavy atom. The van der Waals surface area contributed by atoms with Gasteiger partial charge in [-0.3, -0.25) is 0 Å². The van der Waals surface area contributed by atoms with Gasteiger partial charge in [0.05, 0.1) is 13.2 Å². The molecule has 1 aromatic heterocycles. The second-order valence-electron chi connectivity index (χ2n) is 5.49. The van der Waals surface area contributed by atoms with Gasteiger partial charge >= 0.3 is 14.2 Å². The first-order chi connectivity index (χ1) is 11.3. The Bertz CT molecular complexity index is 781. The van der Waals surface area contributed by atoms with E-state index < -0.39 is 7.12 Å². The number of fused-ring (bicyclic) bond motifs is 3. The third kappa shape index (κ3) is 2.56. The topological polar surface area (TPSA) is 50.1 Å². The molecule has 5 nitrogen and oxygen atoms in total. The van der Waals surface area contributed by atoms with Crippen LogP contribution in [0.5, 0.6) is 0 Å². The molecule has 0 spiro atoms. The molecule has 1 fully saturated rings. The fourth-order valence-electron chi connectivity index (χ4n) is 3.02. The number of hydrogen-bond acceptors (Lipinski definition) is 5. The summed E-state index contributed by atoms with van der Waals surface area (Å²) in [5.41, 5.74) is 3.52. The second kappa shape index (κ2) is 6.02. The third-order valence-corrected chi connectivity index (χ3v) is 4.12. The lowest BCUT2D eigenvalue weighted by Gasteiger charge is -2.07. The van der Waals surface area contributed by atoms with Crippen molar-refractivity contribution in [3.63, 3.8) is 0 Å². The number of benzene rings is 2. The van der Waals surface area contributed by atoms with Gasteiger partial charge in [-0.15, -0.1) is 0 Å². The highest BCUT2D eigenvalue weighted by atomic mass is 16.6. The average molecular weight is 310 g/mol. The Morgan fingerprint density at radius 2 is 1.57 bits per heavy atom. The van der Waals surface area contributed by atoms with Crippen LogP contribution in [0.1, 0.15) is 0 Å². The van der Waals surface area contributed by atoms with Crippen molar-refractivity contribution < 1.29 is 23.0 Å². The molecule has 4 rings (SSSR count). The summed E-state index contributed by atoms with van der Waals surface area (Å²) >= 11 is 0. The average Bonchev–Trinajstić information content (AvgIpc) is 3.22. The van der Waals surface area contributed by atoms with Gasteiger partial charge in [-0.25, -0.2) is 0 Å². The summed E-state index contributed by atoms with van der Waals surface area (Å²) in [7, 11) is 2.54. The van der Waals surface area contributed by atoms with Gasteiger partial charge in [-0.1, -0.05) is 24.3 Å². The molecule has 0 aliphatic carbocycles. The van der Waals surface area contributed by atoms with Gasteiger partial charge in [0.2, 0.25) is 0 Å². The number of furan rings is 1. The quantitative estimate of drug-likeness (QED) is 0.680. The van der Waals surface area contributed by atoms with E-state index in [4.69, 9.17) is 23.0 Å². The highest BCUT2D eigenvalue weighted by Gasteiger charge is 2.27. The summed E-state index contributed by atoms with van der Waals surface area (Å²) < 4.78 is 27.7. The van der Waals surface area contributed by atoms with E-state index in [9.17, 15) is 0 Å². The minimum atomic E-state index is -0.400. The van der Waals surface area contributed by atoms with E-state index in [-0.39, 0.29) is 7.12 Å². The SMILES string of the molecule is COB(OC)c1ccc2c(c1)oc1cc(B3OCCO3)ccc12. The smallest absolute Gasteiger partial charge is 0.456 e. The normalized spacial score (nSPS) is 15.0. The molecule has 0 amide bonds. The van der Waals surface area contributed by atoms with E-state index in [1.807, 2.05) is 36.4 Å². The zero-order valence-electron chi connectivity index (χ0n) is 13.1. The maximum Gasteiger partial charge on any atom is 0.494 e. The van der Waals surface area contributed by atoms with Crippen LogP contribution in [0.25, 0.3) is 21.9 Å². The van der Waals surface area contributed by atoms with E-state index in [0.29, 0.717) is 13.2 Å². The van der Waals surface area contributed by atoms with Crippen molar-refractivity contribution in [2.45, 2.75) is 0 Å². The molecule has 116 valence electrons. The van der Waals surface area contributed by atoms with Crippen molar-refractivity contribution >= 4 is 47.1 Å². The summed E-state index contributed by atoms with van der Waals surface area (Å²) in [6, 6.07) is 12.0. The van der Waals surface area contributed by atoms with Crippen LogP contribution in [0.15, 0.2) is 40.8 Å². The second-order valence-corrected chi connectivity index (χ2v) is 5.49. The van der Waals surface area contributed by atoms with Gasteiger partial charge < -0.3 is 23.0 Å². The molecule has 0 N–H and O–H groups in total. The van der Waals surface area contributed by atoms with E-state index in [1.54, 1.807) is 14.2 Å². The van der Waals surface area contributed by atoms with Gasteiger partial charge in [0.1, 0.15) is 11.2 Å². The number of hydrogen-bond donors (Lipinski definition) is 0. The van der Waals surface area contributed by atoms with Gasteiger partial charge in [0.25, 0.3) is 0 Å². The molecule has 0 atom stereocenters. The van der Waals surface area contributed by atoms with Crippen molar-refractivity contribution in [2.75, 3.05) is 27.4 Å². The summed E-state index contributed by atoms with van der Waals surface area (Å²) in [6.45, 7) is 1.25. The van der Waals surface area contributed by atoms with Crippen LogP contribution in [-0.2, 0) is 18.6 Å². The Labute approximate surface area is 134 Å². The zero-order valence-corrected chi connectivity index (χ0v) is 13.1. The molecule has 0 radical (unpaired) electrons. The molecule has 23 heavy (non-hydrogen) atoms. The molecule has 1 saturated heterocycles. The lowest BCUT2D eigenvalue weighted by molar-refractivity contribution is 0.292. The lowest BCUT2D eigenvalue weighted by Crippen LogP contribution is -2.34. The first-order valence-electron chi connectivity index (χ1n) is 7.55. The standard InChI is InChI=1S/C16H16B2O5/c1-19-17(20-2)11-3-5-13-14-6-4-12(18-21-7-8-22-18)10-16(14)23-15(13)9-11/h3-6,9-10H,7-8H2,1-2H3.